The summed E-state index contributed by atoms with van der Waals surface area (Å²) in [5.74, 6) is -1.80. The highest BCUT2D eigenvalue weighted by atomic mass is 32.2. The Morgan fingerprint density at radius 3 is 2.88 bits per heavy atom. The van der Waals surface area contributed by atoms with Gasteiger partial charge in [0.2, 0.25) is 11.9 Å². The van der Waals surface area contributed by atoms with Gasteiger partial charge in [-0.1, -0.05) is 12.1 Å². The van der Waals surface area contributed by atoms with Gasteiger partial charge >= 0.3 is 0 Å². The molecule has 0 atom stereocenters. The molecule has 0 saturated heterocycles. The third-order valence-corrected chi connectivity index (χ3v) is 5.76. The maximum absolute atomic E-state index is 15.1. The molecule has 168 valence electrons. The lowest BCUT2D eigenvalue weighted by Gasteiger charge is -2.10. The second kappa shape index (κ2) is 9.10. The quantitative estimate of drug-likeness (QED) is 0.269. The van der Waals surface area contributed by atoms with Crippen molar-refractivity contribution < 1.29 is 23.4 Å². The van der Waals surface area contributed by atoms with E-state index in [-0.39, 0.29) is 34.0 Å². The molecular weight excluding hydrogens is 451 g/mol. The second-order valence-corrected chi connectivity index (χ2v) is 8.06. The molecule has 0 fully saturated rings. The fourth-order valence-electron chi connectivity index (χ4n) is 2.72. The van der Waals surface area contributed by atoms with Crippen LogP contribution in [0.2, 0.25) is 0 Å². The molecule has 0 unspecified atom stereocenters. The van der Waals surface area contributed by atoms with Gasteiger partial charge in [-0.3, -0.25) is 4.98 Å². The van der Waals surface area contributed by atoms with Crippen LogP contribution in [0.1, 0.15) is 11.0 Å². The van der Waals surface area contributed by atoms with Crippen molar-refractivity contribution in [3.05, 3.63) is 72.3 Å². The summed E-state index contributed by atoms with van der Waals surface area (Å²) in [5.41, 5.74) is 4.65. The van der Waals surface area contributed by atoms with Crippen molar-refractivity contribution in [1.82, 2.24) is 23.9 Å². The van der Waals surface area contributed by atoms with Crippen LogP contribution in [-0.4, -0.2) is 50.4 Å². The molecule has 4 N–H and O–H groups in total. The molecule has 4 rings (SSSR count). The third-order valence-electron chi connectivity index (χ3n) is 4.10. The van der Waals surface area contributed by atoms with E-state index in [4.69, 9.17) is 16.3 Å². The number of nitrogens with one attached hydrogen (secondary N) is 1. The molecule has 1 aromatic carbocycles. The van der Waals surface area contributed by atoms with Crippen LogP contribution in [0.5, 0.6) is 0 Å². The third kappa shape index (κ3) is 4.68. The molecule has 0 aliphatic rings. The number of aliphatic hydroxyl groups is 1. The Bertz CT molecular complexity index is 1610. The summed E-state index contributed by atoms with van der Waals surface area (Å²) in [7, 11) is -4.40. The fourth-order valence-corrected chi connectivity index (χ4v) is 4.06. The molecule has 0 bridgehead atoms. The zero-order chi connectivity index (χ0) is 26.9. The normalized spacial score (nSPS) is 13.4. The Balaban J connectivity index is 1.92. The molecule has 13 heteroatoms. The number of aliphatic hydroxyl groups excluding tert-OH is 1. The highest BCUT2D eigenvalue weighted by Crippen LogP contribution is 2.28. The standard InChI is InChI=1S/C20H17FN8O3S/c21-16-6-2-1-5-15(16)17-8-13(9-24-19-26-18(22)27-20(28-19)25-12-30)11-29(17)33(31,32)14-4-3-7-23-10-14/h1-11,30H,12H2,(H3,22,25,26,27,28)/b24-9-/i1D,2D,5D,6D. The lowest BCUT2D eigenvalue weighted by atomic mass is 10.1. The number of hydrogen-bond acceptors (Lipinski definition) is 10. The highest BCUT2D eigenvalue weighted by Gasteiger charge is 2.23. The Hall–Kier alpha value is -4.23. The van der Waals surface area contributed by atoms with E-state index in [2.05, 4.69) is 30.2 Å². The van der Waals surface area contributed by atoms with E-state index >= 15 is 4.39 Å². The minimum Gasteiger partial charge on any atom is -0.376 e. The number of nitrogens with two attached hydrogens (primary N) is 1. The molecule has 0 radical (unpaired) electrons. The summed E-state index contributed by atoms with van der Waals surface area (Å²) in [6.45, 7) is -0.487. The van der Waals surface area contributed by atoms with Crippen molar-refractivity contribution >= 4 is 34.1 Å². The van der Waals surface area contributed by atoms with Crippen molar-refractivity contribution in [2.75, 3.05) is 17.8 Å². The number of benzene rings is 1. The first-order valence-electron chi connectivity index (χ1n) is 11.1. The van der Waals surface area contributed by atoms with Crippen LogP contribution in [0.4, 0.5) is 22.2 Å². The summed E-state index contributed by atoms with van der Waals surface area (Å²) in [5, 5.41) is 11.4. The van der Waals surface area contributed by atoms with Crippen LogP contribution >= 0.6 is 0 Å². The average molecular weight is 472 g/mol. The van der Waals surface area contributed by atoms with Crippen molar-refractivity contribution in [3.8, 4) is 11.3 Å². The predicted octanol–water partition coefficient (Wildman–Crippen LogP) is 1.81. The van der Waals surface area contributed by atoms with E-state index in [9.17, 15) is 8.42 Å². The van der Waals surface area contributed by atoms with Gasteiger partial charge in [0.05, 0.1) is 11.2 Å². The molecule has 0 spiro atoms. The van der Waals surface area contributed by atoms with Gasteiger partial charge in [-0.15, -0.1) is 0 Å². The number of halogens is 1. The van der Waals surface area contributed by atoms with Crippen LogP contribution in [-0.2, 0) is 10.0 Å². The first-order valence-corrected chi connectivity index (χ1v) is 10.5. The molecule has 0 amide bonds. The molecule has 0 aliphatic carbocycles. The molecule has 4 aromatic rings. The maximum Gasteiger partial charge on any atom is 0.269 e. The van der Waals surface area contributed by atoms with Gasteiger partial charge in [0.1, 0.15) is 17.4 Å². The molecule has 33 heavy (non-hydrogen) atoms. The van der Waals surface area contributed by atoms with Crippen molar-refractivity contribution in [3.63, 3.8) is 0 Å². The topological polar surface area (TPSA) is 161 Å². The molecule has 0 saturated carbocycles. The van der Waals surface area contributed by atoms with E-state index < -0.39 is 52.3 Å². The number of hydrogen-bond donors (Lipinski definition) is 3. The predicted molar refractivity (Wildman–Crippen MR) is 119 cm³/mol. The number of aliphatic imine (C=N–C) groups is 1. The Morgan fingerprint density at radius 1 is 1.30 bits per heavy atom. The average Bonchev–Trinajstić information content (AvgIpc) is 3.30. The minimum absolute atomic E-state index is 0.0677. The van der Waals surface area contributed by atoms with Crippen LogP contribution in [0.25, 0.3) is 11.3 Å². The van der Waals surface area contributed by atoms with Gasteiger partial charge in [0.25, 0.3) is 16.0 Å². The second-order valence-electron chi connectivity index (χ2n) is 6.25. The number of nitrogens with zero attached hydrogens (tertiary/aromatic N) is 6. The summed E-state index contributed by atoms with van der Waals surface area (Å²) < 4.78 is 74.3. The Labute approximate surface area is 193 Å². The maximum atomic E-state index is 15.1. The van der Waals surface area contributed by atoms with Crippen molar-refractivity contribution in [2.24, 2.45) is 4.99 Å². The number of pyridine rings is 1. The van der Waals surface area contributed by atoms with E-state index in [1.165, 1.54) is 24.4 Å². The lowest BCUT2D eigenvalue weighted by Crippen LogP contribution is -2.13. The number of aromatic nitrogens is 5. The highest BCUT2D eigenvalue weighted by molar-refractivity contribution is 7.90. The van der Waals surface area contributed by atoms with Gasteiger partial charge in [-0.05, 0) is 30.3 Å². The zero-order valence-electron chi connectivity index (χ0n) is 20.6. The van der Waals surface area contributed by atoms with Crippen molar-refractivity contribution in [2.45, 2.75) is 4.90 Å². The van der Waals surface area contributed by atoms with E-state index in [1.807, 2.05) is 0 Å². The SMILES string of the molecule is [2H]c1c([2H])c([2H])c(-c2cc(/C=N\c3nc(N)nc(NCO)n3)cn2S(=O)(=O)c2cccnc2)c(F)c1[2H]. The summed E-state index contributed by atoms with van der Waals surface area (Å²) >= 11 is 0. The molecule has 3 heterocycles. The Morgan fingerprint density at radius 2 is 2.12 bits per heavy atom. The minimum atomic E-state index is -4.40. The fraction of sp³-hybridized carbons (Fsp3) is 0.0500. The van der Waals surface area contributed by atoms with Gasteiger partial charge < -0.3 is 16.2 Å². The largest absolute Gasteiger partial charge is 0.376 e. The first-order chi connectivity index (χ1) is 17.5. The van der Waals surface area contributed by atoms with E-state index in [1.54, 1.807) is 0 Å². The van der Waals surface area contributed by atoms with Gasteiger partial charge in [0, 0.05) is 35.9 Å². The van der Waals surface area contributed by atoms with Crippen molar-refractivity contribution in [1.29, 1.82) is 0 Å². The van der Waals surface area contributed by atoms with Crippen LogP contribution in [0.15, 0.2) is 70.8 Å². The molecule has 11 nitrogen and oxygen atoms in total. The van der Waals surface area contributed by atoms with E-state index in [0.717, 1.165) is 18.6 Å². The summed E-state index contributed by atoms with van der Waals surface area (Å²) in [6, 6.07) is 0.550. The Kier molecular flexibility index (Phi) is 4.78. The lowest BCUT2D eigenvalue weighted by molar-refractivity contribution is 0.324. The van der Waals surface area contributed by atoms with Gasteiger partial charge in [-0.25, -0.2) is 21.8 Å². The van der Waals surface area contributed by atoms with Crippen LogP contribution in [0, 0.1) is 5.82 Å². The molecular formula is C20H17FN8O3S. The summed E-state index contributed by atoms with van der Waals surface area (Å²) in [6.07, 6.45) is 4.66. The smallest absolute Gasteiger partial charge is 0.269 e. The molecule has 3 aromatic heterocycles. The van der Waals surface area contributed by atoms with Crippen LogP contribution < -0.4 is 11.1 Å². The van der Waals surface area contributed by atoms with Gasteiger partial charge in [0.15, 0.2) is 0 Å². The first kappa shape index (κ1) is 17.3. The number of anilines is 2. The number of rotatable bonds is 7. The zero-order valence-corrected chi connectivity index (χ0v) is 17.4. The van der Waals surface area contributed by atoms with E-state index in [0.29, 0.717) is 3.97 Å². The van der Waals surface area contributed by atoms with Crippen LogP contribution in [0.3, 0.4) is 0 Å². The summed E-state index contributed by atoms with van der Waals surface area (Å²) in [4.78, 5) is 19.1. The monoisotopic (exact) mass is 472 g/mol. The number of nitrogen functional groups attached to an aromatic ring is 1. The molecule has 0 aliphatic heterocycles. The van der Waals surface area contributed by atoms with Gasteiger partial charge in [-0.2, -0.15) is 15.0 Å².